The van der Waals surface area contributed by atoms with Crippen LogP contribution >= 0.6 is 7.60 Å². The fraction of sp³-hybridized carbons (Fsp3) is 0.500. The van der Waals surface area contributed by atoms with Crippen LogP contribution in [0.5, 0.6) is 5.75 Å². The number of benzene rings is 1. The first-order valence-electron chi connectivity index (χ1n) is 6.86. The topological polar surface area (TPSA) is 108 Å². The summed E-state index contributed by atoms with van der Waals surface area (Å²) in [5.74, 6) is -1.65. The lowest BCUT2D eigenvalue weighted by Crippen LogP contribution is -2.21. The number of carbonyl (C=O) groups is 1. The molecule has 0 fully saturated rings. The first-order valence-corrected chi connectivity index (χ1v) is 8.47. The molecule has 1 atom stereocenters. The van der Waals surface area contributed by atoms with E-state index >= 15 is 0 Å². The molecule has 1 aromatic carbocycles. The zero-order chi connectivity index (χ0) is 16.9. The Balaban J connectivity index is 3.35. The molecule has 0 heterocycles. The minimum Gasteiger partial charge on any atom is -0.508 e. The molecule has 0 spiro atoms. The van der Waals surface area contributed by atoms with Gasteiger partial charge in [0.2, 0.25) is 5.85 Å². The van der Waals surface area contributed by atoms with Gasteiger partial charge in [-0.2, -0.15) is 0 Å². The smallest absolute Gasteiger partial charge is 0.405 e. The molecule has 1 unspecified atom stereocenters. The van der Waals surface area contributed by atoms with Gasteiger partial charge in [-0.15, -0.1) is 0 Å². The van der Waals surface area contributed by atoms with Gasteiger partial charge in [-0.3, -0.25) is 4.57 Å². The Bertz CT molecular complexity index is 546. The molecule has 0 saturated carbocycles. The van der Waals surface area contributed by atoms with E-state index in [0.717, 1.165) is 0 Å². The summed E-state index contributed by atoms with van der Waals surface area (Å²) in [5, 5.41) is 9.96. The normalized spacial score (nSPS) is 13.4. The Morgan fingerprint density at radius 2 is 1.64 bits per heavy atom. The number of aromatic hydroxyl groups is 1. The average Bonchev–Trinajstić information content (AvgIpc) is 2.34. The molecule has 1 amide bonds. The van der Waals surface area contributed by atoms with Crippen molar-refractivity contribution in [2.75, 3.05) is 0 Å². The number of para-hydroxylation sites is 1. The summed E-state index contributed by atoms with van der Waals surface area (Å²) in [6.07, 6.45) is -2.04. The van der Waals surface area contributed by atoms with E-state index < -0.39 is 31.7 Å². The highest BCUT2D eigenvalue weighted by Gasteiger charge is 2.43. The highest BCUT2D eigenvalue weighted by Crippen LogP contribution is 2.63. The summed E-state index contributed by atoms with van der Waals surface area (Å²) < 4.78 is 28.9. The summed E-state index contributed by atoms with van der Waals surface area (Å²) in [7, 11) is -3.93. The van der Waals surface area contributed by atoms with Crippen LogP contribution < -0.4 is 5.73 Å². The van der Waals surface area contributed by atoms with Crippen molar-refractivity contribution in [3.05, 3.63) is 29.8 Å². The van der Waals surface area contributed by atoms with Crippen molar-refractivity contribution in [1.82, 2.24) is 0 Å². The summed E-state index contributed by atoms with van der Waals surface area (Å²) in [5.41, 5.74) is 5.17. The van der Waals surface area contributed by atoms with Crippen LogP contribution in [0.3, 0.4) is 0 Å². The summed E-state index contributed by atoms with van der Waals surface area (Å²) in [6.45, 7) is 6.68. The van der Waals surface area contributed by atoms with E-state index in [1.807, 2.05) is 0 Å². The number of phenols is 1. The highest BCUT2D eigenvalue weighted by molar-refractivity contribution is 7.54. The third-order valence-electron chi connectivity index (χ3n) is 2.43. The van der Waals surface area contributed by atoms with E-state index in [-0.39, 0.29) is 11.3 Å². The van der Waals surface area contributed by atoms with E-state index in [4.69, 9.17) is 19.5 Å². The summed E-state index contributed by atoms with van der Waals surface area (Å²) in [6, 6.07) is 6.02. The predicted molar refractivity (Wildman–Crippen MR) is 81.6 cm³/mol. The second-order valence-corrected chi connectivity index (χ2v) is 7.17. The molecule has 0 aliphatic heterocycles. The molecule has 0 saturated heterocycles. The number of amides is 1. The van der Waals surface area contributed by atoms with Gasteiger partial charge in [0.05, 0.1) is 12.2 Å². The molecular formula is C14H22NO6P. The lowest BCUT2D eigenvalue weighted by molar-refractivity contribution is 0.0824. The molecular weight excluding hydrogens is 309 g/mol. The van der Waals surface area contributed by atoms with Gasteiger partial charge in [0.15, 0.2) is 0 Å². The van der Waals surface area contributed by atoms with Gasteiger partial charge in [-0.25, -0.2) is 4.79 Å². The van der Waals surface area contributed by atoms with Crippen molar-refractivity contribution in [1.29, 1.82) is 0 Å². The van der Waals surface area contributed by atoms with Crippen LogP contribution in [0, 0.1) is 0 Å². The summed E-state index contributed by atoms with van der Waals surface area (Å²) >= 11 is 0. The third-order valence-corrected chi connectivity index (χ3v) is 4.82. The molecule has 0 aromatic heterocycles. The molecule has 0 aliphatic carbocycles. The SMILES string of the molecule is CC(C)OP(=O)(OC(C)C)C(OC(N)=O)c1ccccc1O. The molecule has 0 aliphatic rings. The quantitative estimate of drug-likeness (QED) is 0.740. The van der Waals surface area contributed by atoms with E-state index in [1.54, 1.807) is 39.8 Å². The van der Waals surface area contributed by atoms with Gasteiger partial charge in [0.1, 0.15) is 5.75 Å². The van der Waals surface area contributed by atoms with Crippen molar-refractivity contribution in [2.45, 2.75) is 45.7 Å². The maximum absolute atomic E-state index is 13.1. The molecule has 1 rings (SSSR count). The number of hydrogen-bond acceptors (Lipinski definition) is 6. The highest BCUT2D eigenvalue weighted by atomic mass is 31.2. The maximum atomic E-state index is 13.1. The molecule has 8 heteroatoms. The Morgan fingerprint density at radius 1 is 1.14 bits per heavy atom. The number of hydrogen-bond donors (Lipinski definition) is 2. The Morgan fingerprint density at radius 3 is 2.05 bits per heavy atom. The Hall–Kier alpha value is -1.56. The monoisotopic (exact) mass is 331 g/mol. The van der Waals surface area contributed by atoms with Gasteiger partial charge in [0.25, 0.3) is 0 Å². The van der Waals surface area contributed by atoms with Gasteiger partial charge in [-0.05, 0) is 33.8 Å². The minimum atomic E-state index is -3.93. The second-order valence-electron chi connectivity index (χ2n) is 5.20. The first-order chi connectivity index (χ1) is 10.2. The van der Waals surface area contributed by atoms with Crippen LogP contribution in [-0.2, 0) is 18.3 Å². The fourth-order valence-electron chi connectivity index (χ4n) is 1.83. The van der Waals surface area contributed by atoms with Crippen molar-refractivity contribution in [3.63, 3.8) is 0 Å². The van der Waals surface area contributed by atoms with Crippen LogP contribution in [-0.4, -0.2) is 23.4 Å². The van der Waals surface area contributed by atoms with Crippen LogP contribution in [0.15, 0.2) is 24.3 Å². The molecule has 0 radical (unpaired) electrons. The zero-order valence-electron chi connectivity index (χ0n) is 13.1. The molecule has 22 heavy (non-hydrogen) atoms. The standard InChI is InChI=1S/C14H22NO6P/c1-9(2)20-22(18,21-10(3)4)13(19-14(15)17)11-7-5-6-8-12(11)16/h5-10,13,16H,1-4H3,(H2,15,17). The van der Waals surface area contributed by atoms with E-state index in [0.29, 0.717) is 0 Å². The van der Waals surface area contributed by atoms with Gasteiger partial charge in [0, 0.05) is 5.56 Å². The molecule has 3 N–H and O–H groups in total. The predicted octanol–water partition coefficient (Wildman–Crippen LogP) is 3.53. The van der Waals surface area contributed by atoms with Crippen LogP contribution in [0.2, 0.25) is 0 Å². The molecule has 7 nitrogen and oxygen atoms in total. The Labute approximate surface area is 129 Å². The van der Waals surface area contributed by atoms with Crippen LogP contribution in [0.25, 0.3) is 0 Å². The van der Waals surface area contributed by atoms with E-state index in [9.17, 15) is 14.5 Å². The number of phenolic OH excluding ortho intramolecular Hbond substituents is 1. The van der Waals surface area contributed by atoms with E-state index in [1.165, 1.54) is 12.1 Å². The summed E-state index contributed by atoms with van der Waals surface area (Å²) in [4.78, 5) is 11.2. The number of ether oxygens (including phenoxy) is 1. The van der Waals surface area contributed by atoms with E-state index in [2.05, 4.69) is 0 Å². The second kappa shape index (κ2) is 7.63. The Kier molecular flexibility index (Phi) is 6.41. The first kappa shape index (κ1) is 18.5. The van der Waals surface area contributed by atoms with Gasteiger partial charge < -0.3 is 24.6 Å². The van der Waals surface area contributed by atoms with Gasteiger partial charge >= 0.3 is 13.7 Å². The third kappa shape index (κ3) is 5.02. The number of nitrogens with two attached hydrogens (primary N) is 1. The fourth-order valence-corrected chi connectivity index (χ4v) is 4.07. The van der Waals surface area contributed by atoms with Crippen molar-refractivity contribution < 1.29 is 28.3 Å². The number of primary amides is 1. The molecule has 124 valence electrons. The minimum absolute atomic E-state index is 0.103. The number of rotatable bonds is 7. The van der Waals surface area contributed by atoms with Crippen LogP contribution in [0.1, 0.15) is 39.1 Å². The zero-order valence-corrected chi connectivity index (χ0v) is 13.9. The largest absolute Gasteiger partial charge is 0.508 e. The lowest BCUT2D eigenvalue weighted by atomic mass is 10.2. The van der Waals surface area contributed by atoms with Gasteiger partial charge in [-0.1, -0.05) is 18.2 Å². The van der Waals surface area contributed by atoms with Crippen LogP contribution in [0.4, 0.5) is 4.79 Å². The molecule has 0 bridgehead atoms. The number of carbonyl (C=O) groups excluding carboxylic acids is 1. The average molecular weight is 331 g/mol. The maximum Gasteiger partial charge on any atom is 0.405 e. The van der Waals surface area contributed by atoms with Crippen molar-refractivity contribution in [3.8, 4) is 5.75 Å². The van der Waals surface area contributed by atoms with Crippen molar-refractivity contribution >= 4 is 13.7 Å². The van der Waals surface area contributed by atoms with Crippen molar-refractivity contribution in [2.24, 2.45) is 5.73 Å². The lowest BCUT2D eigenvalue weighted by Gasteiger charge is -2.29. The molecule has 1 aromatic rings.